The Bertz CT molecular complexity index is 803. The Morgan fingerprint density at radius 1 is 1.16 bits per heavy atom. The molecule has 0 aromatic heterocycles. The van der Waals surface area contributed by atoms with E-state index in [1.54, 1.807) is 6.07 Å². The maximum absolute atomic E-state index is 12.4. The summed E-state index contributed by atoms with van der Waals surface area (Å²) in [6.45, 7) is 1.20. The molecule has 0 saturated carbocycles. The van der Waals surface area contributed by atoms with Crippen LogP contribution in [0, 0.1) is 0 Å². The molecule has 0 heterocycles. The Balaban J connectivity index is 2.88. The second kappa shape index (κ2) is 12.8. The summed E-state index contributed by atoms with van der Waals surface area (Å²) >= 11 is 1.19. The number of benzene rings is 1. The van der Waals surface area contributed by atoms with Gasteiger partial charge in [0, 0.05) is 23.1 Å². The zero-order chi connectivity index (χ0) is 23.6. The number of aliphatic carboxylic acids is 2. The Kier molecular flexibility index (Phi) is 10.8. The molecule has 0 spiro atoms. The fraction of sp³-hybridized carbons (Fsp3) is 0.474. The SMILES string of the molecule is CC(N)Cc1ccc(O)cc1SC[C@H](NC(=O)CC[C@H](N)C(=O)O)C(=O)NCC(=O)O. The van der Waals surface area contributed by atoms with Crippen LogP contribution in [0.3, 0.4) is 0 Å². The molecule has 9 N–H and O–H groups in total. The van der Waals surface area contributed by atoms with E-state index in [0.29, 0.717) is 11.3 Å². The van der Waals surface area contributed by atoms with Gasteiger partial charge in [0.05, 0.1) is 0 Å². The van der Waals surface area contributed by atoms with E-state index in [2.05, 4.69) is 10.6 Å². The van der Waals surface area contributed by atoms with Gasteiger partial charge in [-0.15, -0.1) is 11.8 Å². The number of carbonyl (C=O) groups is 4. The first-order valence-corrected chi connectivity index (χ1v) is 10.5. The van der Waals surface area contributed by atoms with Gasteiger partial charge >= 0.3 is 11.9 Å². The summed E-state index contributed by atoms with van der Waals surface area (Å²) in [5.74, 6) is -3.73. The van der Waals surface area contributed by atoms with Crippen LogP contribution in [0.25, 0.3) is 0 Å². The van der Waals surface area contributed by atoms with Crippen LogP contribution in [0.4, 0.5) is 0 Å². The number of aromatic hydroxyl groups is 1. The van der Waals surface area contributed by atoms with E-state index in [1.165, 1.54) is 23.9 Å². The maximum atomic E-state index is 12.4. The number of phenolic OH excluding ortho intramolecular Hbond substituents is 1. The first-order valence-electron chi connectivity index (χ1n) is 9.47. The van der Waals surface area contributed by atoms with Gasteiger partial charge in [0.2, 0.25) is 11.8 Å². The van der Waals surface area contributed by atoms with Crippen molar-refractivity contribution in [1.82, 2.24) is 10.6 Å². The monoisotopic (exact) mass is 456 g/mol. The first kappa shape index (κ1) is 26.2. The molecule has 0 aliphatic carbocycles. The largest absolute Gasteiger partial charge is 0.508 e. The van der Waals surface area contributed by atoms with Crippen molar-refractivity contribution < 1.29 is 34.5 Å². The molecule has 0 saturated heterocycles. The number of hydrogen-bond acceptors (Lipinski definition) is 8. The van der Waals surface area contributed by atoms with Crippen LogP contribution in [0.15, 0.2) is 23.1 Å². The Morgan fingerprint density at radius 3 is 2.42 bits per heavy atom. The number of hydrogen-bond donors (Lipinski definition) is 7. The van der Waals surface area contributed by atoms with Gasteiger partial charge < -0.3 is 37.4 Å². The van der Waals surface area contributed by atoms with E-state index in [4.69, 9.17) is 21.7 Å². The predicted molar refractivity (Wildman–Crippen MR) is 114 cm³/mol. The van der Waals surface area contributed by atoms with E-state index < -0.39 is 42.4 Å². The Hall–Kier alpha value is -2.83. The lowest BCUT2D eigenvalue weighted by atomic mass is 10.1. The average molecular weight is 457 g/mol. The lowest BCUT2D eigenvalue weighted by Crippen LogP contribution is -2.49. The molecule has 1 aromatic carbocycles. The van der Waals surface area contributed by atoms with Crippen LogP contribution in [-0.4, -0.2) is 69.5 Å². The zero-order valence-electron chi connectivity index (χ0n) is 17.0. The molecular formula is C19H28N4O7S. The van der Waals surface area contributed by atoms with Crippen molar-refractivity contribution >= 4 is 35.5 Å². The minimum Gasteiger partial charge on any atom is -0.508 e. The lowest BCUT2D eigenvalue weighted by molar-refractivity contribution is -0.139. The Labute approximate surface area is 183 Å². The van der Waals surface area contributed by atoms with Gasteiger partial charge in [0.15, 0.2) is 0 Å². The molecule has 12 heteroatoms. The molecule has 172 valence electrons. The average Bonchev–Trinajstić information content (AvgIpc) is 2.68. The fourth-order valence-electron chi connectivity index (χ4n) is 2.51. The number of carboxylic acid groups (broad SMARTS) is 2. The molecule has 0 radical (unpaired) electrons. The summed E-state index contributed by atoms with van der Waals surface area (Å²) in [7, 11) is 0. The van der Waals surface area contributed by atoms with Crippen molar-refractivity contribution in [3.8, 4) is 5.75 Å². The lowest BCUT2D eigenvalue weighted by Gasteiger charge is -2.19. The highest BCUT2D eigenvalue weighted by atomic mass is 32.2. The third-order valence-corrected chi connectivity index (χ3v) is 5.25. The van der Waals surface area contributed by atoms with Crippen LogP contribution in [0.5, 0.6) is 5.75 Å². The highest BCUT2D eigenvalue weighted by molar-refractivity contribution is 7.99. The molecule has 31 heavy (non-hydrogen) atoms. The smallest absolute Gasteiger partial charge is 0.322 e. The van der Waals surface area contributed by atoms with Gasteiger partial charge in [-0.25, -0.2) is 0 Å². The van der Waals surface area contributed by atoms with E-state index in [0.717, 1.165) is 5.56 Å². The number of carboxylic acids is 2. The number of phenols is 1. The highest BCUT2D eigenvalue weighted by Gasteiger charge is 2.23. The van der Waals surface area contributed by atoms with Gasteiger partial charge in [0.25, 0.3) is 0 Å². The second-order valence-corrected chi connectivity index (χ2v) is 8.06. The topological polar surface area (TPSA) is 205 Å². The number of rotatable bonds is 13. The molecule has 1 aromatic rings. The van der Waals surface area contributed by atoms with Crippen molar-refractivity contribution in [1.29, 1.82) is 0 Å². The van der Waals surface area contributed by atoms with Crippen molar-refractivity contribution in [2.75, 3.05) is 12.3 Å². The van der Waals surface area contributed by atoms with Crippen LogP contribution in [0.2, 0.25) is 0 Å². The molecule has 1 rings (SSSR count). The van der Waals surface area contributed by atoms with Crippen LogP contribution in [-0.2, 0) is 25.6 Å². The molecule has 1 unspecified atom stereocenters. The second-order valence-electron chi connectivity index (χ2n) is 7.00. The van der Waals surface area contributed by atoms with E-state index >= 15 is 0 Å². The van der Waals surface area contributed by atoms with Crippen molar-refractivity contribution in [2.24, 2.45) is 11.5 Å². The van der Waals surface area contributed by atoms with Crippen molar-refractivity contribution in [3.63, 3.8) is 0 Å². The number of carbonyl (C=O) groups excluding carboxylic acids is 2. The van der Waals surface area contributed by atoms with Gasteiger partial charge in [0.1, 0.15) is 24.4 Å². The first-order chi connectivity index (χ1) is 14.5. The van der Waals surface area contributed by atoms with Gasteiger partial charge in [-0.2, -0.15) is 0 Å². The number of amides is 2. The predicted octanol–water partition coefficient (Wildman–Crippen LogP) is -0.748. The summed E-state index contributed by atoms with van der Waals surface area (Å²) in [6.07, 6.45) is 0.184. The highest BCUT2D eigenvalue weighted by Crippen LogP contribution is 2.28. The van der Waals surface area contributed by atoms with Crippen LogP contribution < -0.4 is 22.1 Å². The van der Waals surface area contributed by atoms with E-state index in [1.807, 2.05) is 6.92 Å². The molecule has 0 aliphatic heterocycles. The van der Waals surface area contributed by atoms with Crippen molar-refractivity contribution in [3.05, 3.63) is 23.8 Å². The minimum absolute atomic E-state index is 0.0227. The van der Waals surface area contributed by atoms with Crippen LogP contribution >= 0.6 is 11.8 Å². The molecule has 0 bridgehead atoms. The fourth-order valence-corrected chi connectivity index (χ4v) is 3.63. The van der Waals surface area contributed by atoms with Gasteiger partial charge in [-0.1, -0.05) is 6.07 Å². The molecule has 0 fully saturated rings. The maximum Gasteiger partial charge on any atom is 0.322 e. The van der Waals surface area contributed by atoms with E-state index in [-0.39, 0.29) is 30.4 Å². The van der Waals surface area contributed by atoms with Crippen LogP contribution in [0.1, 0.15) is 25.3 Å². The summed E-state index contributed by atoms with van der Waals surface area (Å²) in [6, 6.07) is 2.30. The quantitative estimate of drug-likeness (QED) is 0.185. The third-order valence-electron chi connectivity index (χ3n) is 4.06. The minimum atomic E-state index is -1.25. The number of nitrogens with two attached hydrogens (primary N) is 2. The molecule has 0 aliphatic rings. The van der Waals surface area contributed by atoms with E-state index in [9.17, 15) is 24.3 Å². The molecule has 2 amide bonds. The standard InChI is InChI=1S/C19H28N4O7S/c1-10(20)6-11-2-3-12(24)7-15(11)31-9-14(18(28)22-8-17(26)27)23-16(25)5-4-13(21)19(29)30/h2-3,7,10,13-14,24H,4-6,8-9,20-21H2,1H3,(H,22,28)(H,23,25)(H,26,27)(H,29,30)/t10?,13-,14-/m0/s1. The zero-order valence-corrected chi connectivity index (χ0v) is 17.9. The number of thioether (sulfide) groups is 1. The Morgan fingerprint density at radius 2 is 1.84 bits per heavy atom. The van der Waals surface area contributed by atoms with Gasteiger partial charge in [-0.3, -0.25) is 19.2 Å². The molecule has 3 atom stereocenters. The summed E-state index contributed by atoms with van der Waals surface area (Å²) in [5.41, 5.74) is 12.1. The summed E-state index contributed by atoms with van der Waals surface area (Å²) < 4.78 is 0. The summed E-state index contributed by atoms with van der Waals surface area (Å²) in [5, 5.41) is 32.0. The third kappa shape index (κ3) is 10.2. The molecule has 11 nitrogen and oxygen atoms in total. The molecular weight excluding hydrogens is 428 g/mol. The normalized spacial score (nSPS) is 13.6. The number of nitrogens with one attached hydrogen (secondary N) is 2. The summed E-state index contributed by atoms with van der Waals surface area (Å²) in [4.78, 5) is 46.7. The van der Waals surface area contributed by atoms with Crippen molar-refractivity contribution in [2.45, 2.75) is 49.2 Å². The van der Waals surface area contributed by atoms with Gasteiger partial charge in [-0.05, 0) is 37.5 Å².